The minimum absolute atomic E-state index is 0.0471. The molecule has 1 atom stereocenters. The Labute approximate surface area is 148 Å². The van der Waals surface area contributed by atoms with Crippen molar-refractivity contribution in [2.75, 3.05) is 5.32 Å². The molecule has 0 aromatic heterocycles. The van der Waals surface area contributed by atoms with Gasteiger partial charge in [0.15, 0.2) is 0 Å². The van der Waals surface area contributed by atoms with Crippen LogP contribution in [0.15, 0.2) is 46.9 Å². The van der Waals surface area contributed by atoms with Crippen LogP contribution in [-0.2, 0) is 12.3 Å². The molecule has 1 unspecified atom stereocenters. The molecule has 0 fully saturated rings. The van der Waals surface area contributed by atoms with Crippen molar-refractivity contribution < 1.29 is 26.3 Å². The van der Waals surface area contributed by atoms with Crippen LogP contribution in [0.3, 0.4) is 0 Å². The quantitative estimate of drug-likeness (QED) is 0.474. The van der Waals surface area contributed by atoms with Gasteiger partial charge in [0.2, 0.25) is 0 Å². The van der Waals surface area contributed by atoms with E-state index in [0.29, 0.717) is 4.47 Å². The van der Waals surface area contributed by atoms with Crippen molar-refractivity contribution in [1.29, 1.82) is 0 Å². The van der Waals surface area contributed by atoms with E-state index in [2.05, 4.69) is 21.2 Å². The summed E-state index contributed by atoms with van der Waals surface area (Å²) in [4.78, 5) is 23.1. The summed E-state index contributed by atoms with van der Waals surface area (Å²) < 4.78 is 27.7. The second-order valence-electron chi connectivity index (χ2n) is 4.79. The van der Waals surface area contributed by atoms with E-state index in [1.54, 1.807) is 12.1 Å². The number of anilines is 1. The number of aromatic hydroxyl groups is 1. The van der Waals surface area contributed by atoms with E-state index < -0.39 is 26.0 Å². The third kappa shape index (κ3) is 4.50. The Morgan fingerprint density at radius 3 is 2.54 bits per heavy atom. The Morgan fingerprint density at radius 1 is 1.21 bits per heavy atom. The number of carbonyl (C=O) groups excluding carboxylic acids is 2. The average Bonchev–Trinajstić information content (AvgIpc) is 2.48. The Hall–Kier alpha value is -2.02. The number of benzene rings is 2. The molecule has 126 valence electrons. The number of carbonyl (C=O) groups is 2. The van der Waals surface area contributed by atoms with Crippen LogP contribution in [0, 0.1) is 0 Å². The van der Waals surface area contributed by atoms with Gasteiger partial charge in [-0.1, -0.05) is 0 Å². The van der Waals surface area contributed by atoms with Crippen molar-refractivity contribution in [1.82, 2.24) is 0 Å². The first kappa shape index (κ1) is 18.3. The number of phenols is 1. The molecule has 1 amide bonds. The molecule has 3 N–H and O–H groups in total. The van der Waals surface area contributed by atoms with Gasteiger partial charge in [-0.05, 0) is 0 Å². The number of phenolic OH excluding ortho intramolecular Hbond substituents is 1. The summed E-state index contributed by atoms with van der Waals surface area (Å²) in [6, 6.07) is 9.59. The van der Waals surface area contributed by atoms with Crippen molar-refractivity contribution in [2.45, 2.75) is 6.92 Å². The van der Waals surface area contributed by atoms with Crippen LogP contribution in [0.25, 0.3) is 0 Å². The molecular formula is C15H13AsBrNO6. The fraction of sp³-hybridized carbons (Fsp3) is 0.0667. The van der Waals surface area contributed by atoms with Crippen molar-refractivity contribution in [3.05, 3.63) is 52.5 Å². The monoisotopic (exact) mass is 457 g/mol. The van der Waals surface area contributed by atoms with E-state index in [9.17, 15) is 22.5 Å². The van der Waals surface area contributed by atoms with Gasteiger partial charge in [-0.2, -0.15) is 0 Å². The second kappa shape index (κ2) is 7.25. The van der Waals surface area contributed by atoms with Crippen molar-refractivity contribution in [3.8, 4) is 5.75 Å². The topological polar surface area (TPSA) is 113 Å². The summed E-state index contributed by atoms with van der Waals surface area (Å²) in [5.41, 5.74) is 0.0649. The molecule has 2 aromatic carbocycles. The SMILES string of the molecule is CC(=O)Nc1cc([As](=O)(O)OC(=O)c2cccc(Br)c2)ccc1O. The van der Waals surface area contributed by atoms with Crippen molar-refractivity contribution in [3.63, 3.8) is 0 Å². The molecule has 0 aliphatic heterocycles. The zero-order chi connectivity index (χ0) is 17.9. The predicted molar refractivity (Wildman–Crippen MR) is 90.3 cm³/mol. The maximum atomic E-state index is 12.4. The minimum atomic E-state index is -5.21. The molecule has 0 saturated carbocycles. The van der Waals surface area contributed by atoms with E-state index in [0.717, 1.165) is 18.2 Å². The number of rotatable bonds is 4. The Morgan fingerprint density at radius 2 is 1.92 bits per heavy atom. The first-order valence-electron chi connectivity index (χ1n) is 6.62. The molecule has 24 heavy (non-hydrogen) atoms. The molecule has 0 aliphatic rings. The molecule has 0 saturated heterocycles. The van der Waals surface area contributed by atoms with E-state index in [-0.39, 0.29) is 21.4 Å². The summed E-state index contributed by atoms with van der Waals surface area (Å²) in [6.45, 7) is 1.23. The zero-order valence-electron chi connectivity index (χ0n) is 12.4. The third-order valence-corrected chi connectivity index (χ3v) is 6.20. The first-order valence-corrected chi connectivity index (χ1v) is 10.7. The van der Waals surface area contributed by atoms with Crippen LogP contribution in [0.1, 0.15) is 17.3 Å². The number of hydrogen-bond acceptors (Lipinski definition) is 5. The third-order valence-electron chi connectivity index (χ3n) is 2.88. The van der Waals surface area contributed by atoms with Gasteiger partial charge in [-0.3, -0.25) is 0 Å². The fourth-order valence-corrected chi connectivity index (χ4v) is 4.30. The van der Waals surface area contributed by atoms with Crippen LogP contribution >= 0.6 is 15.9 Å². The Kier molecular flexibility index (Phi) is 5.54. The van der Waals surface area contributed by atoms with Crippen LogP contribution in [0.5, 0.6) is 5.75 Å². The standard InChI is InChI=1S/C15H13AsBrNO6/c1-9(19)18-13-8-11(5-6-14(13)20)16(22,23)24-15(21)10-3-2-4-12(17)7-10/h2-8,20H,1H3,(H,18,19)(H,22,23). The number of halogens is 1. The van der Waals surface area contributed by atoms with Crippen LogP contribution < -0.4 is 9.67 Å². The molecule has 2 aromatic rings. The van der Waals surface area contributed by atoms with Crippen LogP contribution in [0.4, 0.5) is 5.69 Å². The Balaban J connectivity index is 2.28. The van der Waals surface area contributed by atoms with E-state index >= 15 is 0 Å². The van der Waals surface area contributed by atoms with Gasteiger partial charge in [0, 0.05) is 0 Å². The number of hydrogen-bond donors (Lipinski definition) is 3. The van der Waals surface area contributed by atoms with Gasteiger partial charge in [0.1, 0.15) is 0 Å². The molecule has 7 nitrogen and oxygen atoms in total. The van der Waals surface area contributed by atoms with Gasteiger partial charge < -0.3 is 0 Å². The summed E-state index contributed by atoms with van der Waals surface area (Å²) >= 11 is -2.02. The normalized spacial score (nSPS) is 13.0. The molecule has 9 heteroatoms. The first-order chi connectivity index (χ1) is 11.2. The van der Waals surface area contributed by atoms with Crippen molar-refractivity contribution >= 4 is 52.0 Å². The molecule has 0 radical (unpaired) electrons. The average molecular weight is 458 g/mol. The second-order valence-corrected chi connectivity index (χ2v) is 9.36. The Bertz CT molecular complexity index is 854. The van der Waals surface area contributed by atoms with E-state index in [4.69, 9.17) is 3.73 Å². The molecular weight excluding hydrogens is 445 g/mol. The predicted octanol–water partition coefficient (Wildman–Crippen LogP) is 1.54. The van der Waals surface area contributed by atoms with E-state index in [1.807, 2.05) is 0 Å². The molecule has 2 rings (SSSR count). The maximum absolute atomic E-state index is 12.4. The van der Waals surface area contributed by atoms with E-state index in [1.165, 1.54) is 19.1 Å². The summed E-state index contributed by atoms with van der Waals surface area (Å²) in [5, 5.41) is 12.0. The number of nitrogens with one attached hydrogen (secondary N) is 1. The van der Waals surface area contributed by atoms with Gasteiger partial charge >= 0.3 is 149 Å². The summed E-state index contributed by atoms with van der Waals surface area (Å²) in [5.74, 6) is -1.69. The molecule has 0 aliphatic carbocycles. The summed E-state index contributed by atoms with van der Waals surface area (Å²) in [6.07, 6.45) is 0. The van der Waals surface area contributed by atoms with Gasteiger partial charge in [0.05, 0.1) is 0 Å². The van der Waals surface area contributed by atoms with Crippen LogP contribution in [-0.4, -0.2) is 35.3 Å². The summed E-state index contributed by atoms with van der Waals surface area (Å²) in [7, 11) is 0. The zero-order valence-corrected chi connectivity index (χ0v) is 15.9. The van der Waals surface area contributed by atoms with Gasteiger partial charge in [0.25, 0.3) is 0 Å². The molecule has 0 spiro atoms. The van der Waals surface area contributed by atoms with Crippen molar-refractivity contribution in [2.24, 2.45) is 0 Å². The fourth-order valence-electron chi connectivity index (χ4n) is 1.82. The van der Waals surface area contributed by atoms with Gasteiger partial charge in [-0.25, -0.2) is 0 Å². The van der Waals surface area contributed by atoms with Crippen LogP contribution in [0.2, 0.25) is 0 Å². The number of amides is 1. The molecule has 0 bridgehead atoms. The molecule has 0 heterocycles. The van der Waals surface area contributed by atoms with Gasteiger partial charge in [-0.15, -0.1) is 0 Å².